The minimum atomic E-state index is -0.925. The molecule has 142 valence electrons. The van der Waals surface area contributed by atoms with Gasteiger partial charge in [-0.2, -0.15) is 0 Å². The van der Waals surface area contributed by atoms with Crippen LogP contribution in [0.3, 0.4) is 0 Å². The molecule has 0 aliphatic carbocycles. The Morgan fingerprint density at radius 2 is 1.89 bits per heavy atom. The second kappa shape index (κ2) is 8.12. The van der Waals surface area contributed by atoms with Gasteiger partial charge in [-0.3, -0.25) is 5.41 Å². The maximum atomic E-state index is 12.0. The van der Waals surface area contributed by atoms with Crippen molar-refractivity contribution in [1.82, 2.24) is 0 Å². The largest absolute Gasteiger partial charge is 0.479 e. The van der Waals surface area contributed by atoms with Crippen LogP contribution in [0.2, 0.25) is 0 Å². The molecule has 0 aromatic heterocycles. The first-order chi connectivity index (χ1) is 13.0. The monoisotopic (exact) mass is 366 g/mol. The van der Waals surface area contributed by atoms with Crippen LogP contribution in [0, 0.1) is 5.41 Å². The van der Waals surface area contributed by atoms with Crippen LogP contribution in [0.1, 0.15) is 42.5 Å². The lowest BCUT2D eigenvalue weighted by atomic mass is 10.0. The second-order valence-corrected chi connectivity index (χ2v) is 6.89. The third-order valence-electron chi connectivity index (χ3n) is 4.97. The van der Waals surface area contributed by atoms with Crippen molar-refractivity contribution < 1.29 is 9.90 Å². The summed E-state index contributed by atoms with van der Waals surface area (Å²) in [5.41, 5.74) is 9.74. The van der Waals surface area contributed by atoms with Gasteiger partial charge in [0.05, 0.1) is 0 Å². The molecule has 0 saturated carbocycles. The number of aryl methyl sites for hydroxylation is 1. The molecule has 2 aromatic rings. The van der Waals surface area contributed by atoms with Crippen molar-refractivity contribution in [3.05, 3.63) is 59.2 Å². The van der Waals surface area contributed by atoms with Crippen molar-refractivity contribution in [1.29, 1.82) is 5.41 Å². The standard InChI is InChI=1S/C21H26N4O2/c1-2-14-11-16(13-18(12-14)25-9-3-4-10-25)19(21(26)27)24-17-7-5-15(6-8-17)20(22)23/h5-8,11-13,19,24H,2-4,9-10H2,1H3,(H3,22,23)(H,26,27). The van der Waals surface area contributed by atoms with Crippen LogP contribution in [0.25, 0.3) is 0 Å². The van der Waals surface area contributed by atoms with Gasteiger partial charge in [0.25, 0.3) is 0 Å². The number of nitrogen functional groups attached to an aromatic ring is 1. The zero-order valence-electron chi connectivity index (χ0n) is 15.5. The van der Waals surface area contributed by atoms with Gasteiger partial charge in [0.2, 0.25) is 0 Å². The summed E-state index contributed by atoms with van der Waals surface area (Å²) in [4.78, 5) is 14.3. The molecule has 2 aromatic carbocycles. The SMILES string of the molecule is CCc1cc(C(Nc2ccc(C(=N)N)cc2)C(=O)O)cc(N2CCCC2)c1. The fraction of sp³-hybridized carbons (Fsp3) is 0.333. The highest BCUT2D eigenvalue weighted by Crippen LogP contribution is 2.28. The summed E-state index contributed by atoms with van der Waals surface area (Å²) in [5.74, 6) is -0.937. The molecule has 1 aliphatic heterocycles. The van der Waals surface area contributed by atoms with Crippen LogP contribution in [0.5, 0.6) is 0 Å². The van der Waals surface area contributed by atoms with E-state index < -0.39 is 12.0 Å². The van der Waals surface area contributed by atoms with Crippen LogP contribution in [-0.2, 0) is 11.2 Å². The summed E-state index contributed by atoms with van der Waals surface area (Å²) in [6, 6.07) is 12.2. The maximum Gasteiger partial charge on any atom is 0.330 e. The molecule has 5 N–H and O–H groups in total. The Morgan fingerprint density at radius 1 is 1.22 bits per heavy atom. The molecule has 27 heavy (non-hydrogen) atoms. The van der Waals surface area contributed by atoms with Gasteiger partial charge in [0, 0.05) is 30.0 Å². The van der Waals surface area contributed by atoms with Crippen molar-refractivity contribution >= 4 is 23.2 Å². The number of nitrogens with two attached hydrogens (primary N) is 1. The van der Waals surface area contributed by atoms with E-state index in [0.717, 1.165) is 36.3 Å². The minimum absolute atomic E-state index is 0.0118. The Balaban J connectivity index is 1.90. The lowest BCUT2D eigenvalue weighted by Gasteiger charge is -2.23. The molecule has 1 unspecified atom stereocenters. The zero-order valence-corrected chi connectivity index (χ0v) is 15.5. The van der Waals surface area contributed by atoms with Crippen molar-refractivity contribution in [2.75, 3.05) is 23.3 Å². The van der Waals surface area contributed by atoms with Crippen LogP contribution < -0.4 is 16.0 Å². The lowest BCUT2D eigenvalue weighted by molar-refractivity contribution is -0.138. The number of carboxylic acid groups (broad SMARTS) is 1. The number of nitrogens with zero attached hydrogens (tertiary/aromatic N) is 1. The average Bonchev–Trinajstić information content (AvgIpc) is 3.20. The molecule has 1 saturated heterocycles. The van der Waals surface area contributed by atoms with Gasteiger partial charge >= 0.3 is 5.97 Å². The van der Waals surface area contributed by atoms with Gasteiger partial charge in [-0.15, -0.1) is 0 Å². The number of rotatable bonds is 7. The zero-order chi connectivity index (χ0) is 19.4. The van der Waals surface area contributed by atoms with E-state index in [0.29, 0.717) is 11.3 Å². The highest BCUT2D eigenvalue weighted by atomic mass is 16.4. The molecule has 6 nitrogen and oxygen atoms in total. The Hall–Kier alpha value is -3.02. The topological polar surface area (TPSA) is 102 Å². The summed E-state index contributed by atoms with van der Waals surface area (Å²) >= 11 is 0. The fourth-order valence-electron chi connectivity index (χ4n) is 3.43. The smallest absolute Gasteiger partial charge is 0.330 e. The molecule has 3 rings (SSSR count). The number of hydrogen-bond acceptors (Lipinski definition) is 4. The first-order valence-electron chi connectivity index (χ1n) is 9.30. The fourth-order valence-corrected chi connectivity index (χ4v) is 3.43. The third-order valence-corrected chi connectivity index (χ3v) is 4.97. The number of carbonyl (C=O) groups is 1. The van der Waals surface area contributed by atoms with Crippen molar-refractivity contribution in [2.24, 2.45) is 5.73 Å². The van der Waals surface area contributed by atoms with Gasteiger partial charge < -0.3 is 21.1 Å². The Bertz CT molecular complexity index is 827. The summed E-state index contributed by atoms with van der Waals surface area (Å²) in [6.07, 6.45) is 3.21. The first-order valence-corrected chi connectivity index (χ1v) is 9.30. The number of amidine groups is 1. The quantitative estimate of drug-likeness (QED) is 0.444. The van der Waals surface area contributed by atoms with Crippen LogP contribution in [-0.4, -0.2) is 30.0 Å². The summed E-state index contributed by atoms with van der Waals surface area (Å²) in [5, 5.41) is 20.4. The van der Waals surface area contributed by atoms with Crippen LogP contribution in [0.15, 0.2) is 42.5 Å². The van der Waals surface area contributed by atoms with Gasteiger partial charge in [-0.1, -0.05) is 13.0 Å². The van der Waals surface area contributed by atoms with Crippen LogP contribution in [0.4, 0.5) is 11.4 Å². The average molecular weight is 366 g/mol. The van der Waals surface area contributed by atoms with Crippen molar-refractivity contribution in [3.8, 4) is 0 Å². The normalized spacial score (nSPS) is 14.8. The number of anilines is 2. The highest BCUT2D eigenvalue weighted by molar-refractivity contribution is 5.95. The van der Waals surface area contributed by atoms with Gasteiger partial charge in [-0.05, 0) is 66.8 Å². The molecular weight excluding hydrogens is 340 g/mol. The van der Waals surface area contributed by atoms with Crippen LogP contribution >= 0.6 is 0 Å². The molecule has 1 aliphatic rings. The molecule has 6 heteroatoms. The molecule has 0 radical (unpaired) electrons. The summed E-state index contributed by atoms with van der Waals surface area (Å²) in [6.45, 7) is 4.12. The molecule has 1 atom stereocenters. The number of hydrogen-bond donors (Lipinski definition) is 4. The van der Waals surface area contributed by atoms with Gasteiger partial charge in [-0.25, -0.2) is 4.79 Å². The van der Waals surface area contributed by atoms with E-state index in [4.69, 9.17) is 11.1 Å². The van der Waals surface area contributed by atoms with E-state index in [-0.39, 0.29) is 5.84 Å². The molecule has 1 fully saturated rings. The Kier molecular flexibility index (Phi) is 5.64. The molecule has 0 bridgehead atoms. The summed E-state index contributed by atoms with van der Waals surface area (Å²) < 4.78 is 0. The number of aliphatic carboxylic acids is 1. The van der Waals surface area contributed by atoms with Gasteiger partial charge in [0.15, 0.2) is 6.04 Å². The van der Waals surface area contributed by atoms with E-state index in [9.17, 15) is 9.90 Å². The van der Waals surface area contributed by atoms with E-state index in [1.807, 2.05) is 12.1 Å². The Labute approximate surface area is 159 Å². The number of nitrogens with one attached hydrogen (secondary N) is 2. The minimum Gasteiger partial charge on any atom is -0.479 e. The molecular formula is C21H26N4O2. The third kappa shape index (κ3) is 4.39. The van der Waals surface area contributed by atoms with E-state index >= 15 is 0 Å². The lowest BCUT2D eigenvalue weighted by Crippen LogP contribution is -2.23. The number of benzene rings is 2. The molecule has 0 amide bonds. The molecule has 0 spiro atoms. The van der Waals surface area contributed by atoms with Crippen molar-refractivity contribution in [3.63, 3.8) is 0 Å². The number of carboxylic acids is 1. The molecule has 1 heterocycles. The van der Waals surface area contributed by atoms with Gasteiger partial charge in [0.1, 0.15) is 5.84 Å². The summed E-state index contributed by atoms with van der Waals surface area (Å²) in [7, 11) is 0. The maximum absolute atomic E-state index is 12.0. The first kappa shape index (κ1) is 18.8. The van der Waals surface area contributed by atoms with Crippen molar-refractivity contribution in [2.45, 2.75) is 32.2 Å². The highest BCUT2D eigenvalue weighted by Gasteiger charge is 2.22. The predicted octanol–water partition coefficient (Wildman–Crippen LogP) is 3.37. The predicted molar refractivity (Wildman–Crippen MR) is 109 cm³/mol. The van der Waals surface area contributed by atoms with E-state index in [2.05, 4.69) is 23.2 Å². The van der Waals surface area contributed by atoms with E-state index in [1.165, 1.54) is 12.8 Å². The Morgan fingerprint density at radius 3 is 2.44 bits per heavy atom. The second-order valence-electron chi connectivity index (χ2n) is 6.89. The van der Waals surface area contributed by atoms with E-state index in [1.54, 1.807) is 24.3 Å².